The van der Waals surface area contributed by atoms with Crippen LogP contribution in [0, 0.1) is 0 Å². The zero-order chi connectivity index (χ0) is 14.9. The van der Waals surface area contributed by atoms with Gasteiger partial charge in [-0.15, -0.1) is 0 Å². The lowest BCUT2D eigenvalue weighted by atomic mass is 9.88. The van der Waals surface area contributed by atoms with Gasteiger partial charge in [-0.25, -0.2) is 4.79 Å². The number of likely N-dealkylation sites (tertiary alicyclic amines) is 1. The normalized spacial score (nSPS) is 22.9. The van der Waals surface area contributed by atoms with Crippen molar-refractivity contribution in [1.82, 2.24) is 14.7 Å². The number of aromatic nitrogens is 2. The van der Waals surface area contributed by atoms with Gasteiger partial charge in [0, 0.05) is 19.8 Å². The standard InChI is InChI=1S/C14H21N3O3/c1-4-11-10(9-16(3)15-11)12(18)17-8-6-5-7-14(17,2)13(19)20/h9H,4-8H2,1-3H3,(H,19,20). The lowest BCUT2D eigenvalue weighted by Gasteiger charge is -2.41. The summed E-state index contributed by atoms with van der Waals surface area (Å²) < 4.78 is 1.61. The summed E-state index contributed by atoms with van der Waals surface area (Å²) >= 11 is 0. The number of rotatable bonds is 3. The molecule has 0 aliphatic carbocycles. The first-order valence-corrected chi connectivity index (χ1v) is 6.98. The van der Waals surface area contributed by atoms with E-state index in [9.17, 15) is 14.7 Å². The van der Waals surface area contributed by atoms with Gasteiger partial charge in [0.25, 0.3) is 5.91 Å². The number of hydrogen-bond donors (Lipinski definition) is 1. The van der Waals surface area contributed by atoms with Crippen LogP contribution in [0.4, 0.5) is 0 Å². The van der Waals surface area contributed by atoms with Crippen molar-refractivity contribution < 1.29 is 14.7 Å². The largest absolute Gasteiger partial charge is 0.480 e. The van der Waals surface area contributed by atoms with Crippen molar-refractivity contribution in [3.8, 4) is 0 Å². The second kappa shape index (κ2) is 5.26. The average molecular weight is 279 g/mol. The molecule has 1 amide bonds. The number of carbonyl (C=O) groups excluding carboxylic acids is 1. The van der Waals surface area contributed by atoms with E-state index >= 15 is 0 Å². The fourth-order valence-electron chi connectivity index (χ4n) is 2.79. The molecule has 0 radical (unpaired) electrons. The maximum absolute atomic E-state index is 12.7. The predicted molar refractivity (Wildman–Crippen MR) is 73.5 cm³/mol. The summed E-state index contributed by atoms with van der Waals surface area (Å²) in [5, 5.41) is 13.7. The molecule has 1 aliphatic heterocycles. The minimum absolute atomic E-state index is 0.223. The Morgan fingerprint density at radius 1 is 1.45 bits per heavy atom. The van der Waals surface area contributed by atoms with Crippen LogP contribution in [0.1, 0.15) is 49.2 Å². The van der Waals surface area contributed by atoms with Gasteiger partial charge in [0.2, 0.25) is 0 Å². The molecule has 1 atom stereocenters. The zero-order valence-electron chi connectivity index (χ0n) is 12.2. The number of carbonyl (C=O) groups is 2. The van der Waals surface area contributed by atoms with Crippen LogP contribution in [0.25, 0.3) is 0 Å². The fraction of sp³-hybridized carbons (Fsp3) is 0.643. The Labute approximate surface area is 118 Å². The number of hydrogen-bond acceptors (Lipinski definition) is 3. The van der Waals surface area contributed by atoms with Crippen LogP contribution in [-0.4, -0.2) is 43.7 Å². The first-order valence-electron chi connectivity index (χ1n) is 6.98. The highest BCUT2D eigenvalue weighted by atomic mass is 16.4. The average Bonchev–Trinajstić information content (AvgIpc) is 2.79. The maximum Gasteiger partial charge on any atom is 0.329 e. The third-order valence-corrected chi connectivity index (χ3v) is 4.07. The first-order chi connectivity index (χ1) is 9.40. The molecule has 0 saturated carbocycles. The number of carboxylic acids is 1. The summed E-state index contributed by atoms with van der Waals surface area (Å²) in [6.45, 7) is 4.06. The Kier molecular flexibility index (Phi) is 3.83. The third kappa shape index (κ3) is 2.30. The van der Waals surface area contributed by atoms with Crippen LogP contribution < -0.4 is 0 Å². The van der Waals surface area contributed by atoms with E-state index in [4.69, 9.17) is 0 Å². The molecule has 6 nitrogen and oxygen atoms in total. The molecular formula is C14H21N3O3. The van der Waals surface area contributed by atoms with Gasteiger partial charge in [0.15, 0.2) is 0 Å². The van der Waals surface area contributed by atoms with Crippen molar-refractivity contribution in [1.29, 1.82) is 0 Å². The van der Waals surface area contributed by atoms with E-state index in [1.807, 2.05) is 6.92 Å². The second-order valence-corrected chi connectivity index (χ2v) is 5.51. The summed E-state index contributed by atoms with van der Waals surface area (Å²) in [6, 6.07) is 0. The van der Waals surface area contributed by atoms with Gasteiger partial charge in [-0.2, -0.15) is 5.10 Å². The molecule has 110 valence electrons. The Morgan fingerprint density at radius 3 is 2.75 bits per heavy atom. The molecule has 1 unspecified atom stereocenters. The molecule has 2 rings (SSSR count). The monoisotopic (exact) mass is 279 g/mol. The highest BCUT2D eigenvalue weighted by Crippen LogP contribution is 2.30. The smallest absolute Gasteiger partial charge is 0.329 e. The molecule has 1 aromatic heterocycles. The number of nitrogens with zero attached hydrogens (tertiary/aromatic N) is 3. The molecule has 6 heteroatoms. The Balaban J connectivity index is 2.37. The molecule has 0 aromatic carbocycles. The molecule has 1 aromatic rings. The Morgan fingerprint density at radius 2 is 2.15 bits per heavy atom. The van der Waals surface area contributed by atoms with Gasteiger partial charge in [-0.05, 0) is 32.6 Å². The maximum atomic E-state index is 12.7. The molecule has 1 fully saturated rings. The summed E-state index contributed by atoms with van der Waals surface area (Å²) in [6.07, 6.45) is 4.50. The molecule has 0 spiro atoms. The van der Waals surface area contributed by atoms with E-state index in [1.165, 1.54) is 4.90 Å². The van der Waals surface area contributed by atoms with Crippen molar-refractivity contribution in [2.24, 2.45) is 7.05 Å². The van der Waals surface area contributed by atoms with Crippen molar-refractivity contribution in [2.45, 2.75) is 45.1 Å². The zero-order valence-corrected chi connectivity index (χ0v) is 12.2. The molecule has 2 heterocycles. The van der Waals surface area contributed by atoms with Gasteiger partial charge in [-0.1, -0.05) is 6.92 Å². The van der Waals surface area contributed by atoms with Crippen molar-refractivity contribution in [2.75, 3.05) is 6.54 Å². The number of piperidine rings is 1. The van der Waals surface area contributed by atoms with Crippen LogP contribution in [-0.2, 0) is 18.3 Å². The predicted octanol–water partition coefficient (Wildman–Crippen LogP) is 1.45. The van der Waals surface area contributed by atoms with Gasteiger partial charge in [0.1, 0.15) is 5.54 Å². The molecular weight excluding hydrogens is 258 g/mol. The van der Waals surface area contributed by atoms with E-state index in [-0.39, 0.29) is 5.91 Å². The minimum Gasteiger partial charge on any atom is -0.480 e. The van der Waals surface area contributed by atoms with E-state index < -0.39 is 11.5 Å². The van der Waals surface area contributed by atoms with Crippen LogP contribution >= 0.6 is 0 Å². The number of aryl methyl sites for hydroxylation is 2. The lowest BCUT2D eigenvalue weighted by Crippen LogP contribution is -2.57. The van der Waals surface area contributed by atoms with Crippen LogP contribution in [0.2, 0.25) is 0 Å². The molecule has 20 heavy (non-hydrogen) atoms. The first kappa shape index (κ1) is 14.6. The second-order valence-electron chi connectivity index (χ2n) is 5.51. The third-order valence-electron chi connectivity index (χ3n) is 4.07. The van der Waals surface area contributed by atoms with Crippen LogP contribution in [0.3, 0.4) is 0 Å². The van der Waals surface area contributed by atoms with Crippen molar-refractivity contribution in [3.63, 3.8) is 0 Å². The topological polar surface area (TPSA) is 75.4 Å². The fourth-order valence-corrected chi connectivity index (χ4v) is 2.79. The van der Waals surface area contributed by atoms with Gasteiger partial charge < -0.3 is 10.0 Å². The Bertz CT molecular complexity index is 538. The van der Waals surface area contributed by atoms with E-state index in [0.29, 0.717) is 24.9 Å². The molecule has 0 bridgehead atoms. The number of amides is 1. The van der Waals surface area contributed by atoms with Gasteiger partial charge in [0.05, 0.1) is 11.3 Å². The molecule has 1 saturated heterocycles. The van der Waals surface area contributed by atoms with E-state index in [1.54, 1.807) is 24.9 Å². The van der Waals surface area contributed by atoms with Crippen molar-refractivity contribution >= 4 is 11.9 Å². The van der Waals surface area contributed by atoms with Gasteiger partial charge in [-0.3, -0.25) is 9.48 Å². The molecule has 1 N–H and O–H groups in total. The minimum atomic E-state index is -1.11. The quantitative estimate of drug-likeness (QED) is 0.908. The van der Waals surface area contributed by atoms with E-state index in [0.717, 1.165) is 18.5 Å². The SMILES string of the molecule is CCc1nn(C)cc1C(=O)N1CCCCC1(C)C(=O)O. The molecule has 1 aliphatic rings. The van der Waals surface area contributed by atoms with Crippen LogP contribution in [0.15, 0.2) is 6.20 Å². The van der Waals surface area contributed by atoms with Crippen LogP contribution in [0.5, 0.6) is 0 Å². The summed E-state index contributed by atoms with van der Waals surface area (Å²) in [5.41, 5.74) is 0.121. The number of aliphatic carboxylic acids is 1. The summed E-state index contributed by atoms with van der Waals surface area (Å²) in [5.74, 6) is -1.16. The highest BCUT2D eigenvalue weighted by molar-refractivity contribution is 5.98. The van der Waals surface area contributed by atoms with Gasteiger partial charge >= 0.3 is 5.97 Å². The highest BCUT2D eigenvalue weighted by Gasteiger charge is 2.44. The summed E-state index contributed by atoms with van der Waals surface area (Å²) in [7, 11) is 1.77. The lowest BCUT2D eigenvalue weighted by molar-refractivity contribution is -0.150. The number of carboxylic acid groups (broad SMARTS) is 1. The van der Waals surface area contributed by atoms with Crippen molar-refractivity contribution in [3.05, 3.63) is 17.5 Å². The van der Waals surface area contributed by atoms with E-state index in [2.05, 4.69) is 5.10 Å². The Hall–Kier alpha value is -1.85. The summed E-state index contributed by atoms with van der Waals surface area (Å²) in [4.78, 5) is 25.8.